The van der Waals surface area contributed by atoms with E-state index >= 15 is 0 Å². The van der Waals surface area contributed by atoms with Gasteiger partial charge >= 0.3 is 12.1 Å². The Morgan fingerprint density at radius 1 is 1.03 bits per heavy atom. The molecule has 3 aromatic rings. The first-order chi connectivity index (χ1) is 16.1. The van der Waals surface area contributed by atoms with Crippen LogP contribution in [-0.4, -0.2) is 69.0 Å². The maximum absolute atomic E-state index is 12.5. The second-order valence-corrected chi connectivity index (χ2v) is 8.56. The van der Waals surface area contributed by atoms with E-state index in [-0.39, 0.29) is 12.0 Å². The monoisotopic (exact) mass is 474 g/mol. The molecule has 1 aliphatic carbocycles. The van der Waals surface area contributed by atoms with Crippen molar-refractivity contribution in [3.63, 3.8) is 0 Å². The van der Waals surface area contributed by atoms with E-state index in [9.17, 15) is 18.0 Å². The number of carboxylic acid groups (broad SMARTS) is 1. The highest BCUT2D eigenvalue weighted by Crippen LogP contribution is 2.34. The van der Waals surface area contributed by atoms with Gasteiger partial charge in [0.2, 0.25) is 5.91 Å². The van der Waals surface area contributed by atoms with Gasteiger partial charge < -0.3 is 14.4 Å². The van der Waals surface area contributed by atoms with Gasteiger partial charge in [0, 0.05) is 31.7 Å². The number of amides is 1. The van der Waals surface area contributed by atoms with Crippen LogP contribution in [0.2, 0.25) is 0 Å². The van der Waals surface area contributed by atoms with Crippen LogP contribution in [-0.2, 0) is 9.59 Å². The molecule has 1 saturated carbocycles. The summed E-state index contributed by atoms with van der Waals surface area (Å²) in [6.45, 7) is 2.45. The summed E-state index contributed by atoms with van der Waals surface area (Å²) in [5.74, 6) is -2.14. The van der Waals surface area contributed by atoms with E-state index < -0.39 is 12.1 Å². The van der Waals surface area contributed by atoms with Crippen molar-refractivity contribution in [2.45, 2.75) is 25.1 Å². The highest BCUT2D eigenvalue weighted by molar-refractivity contribution is 5.81. The number of pyridine rings is 1. The van der Waals surface area contributed by atoms with E-state index in [4.69, 9.17) is 14.9 Å². The van der Waals surface area contributed by atoms with Crippen molar-refractivity contribution < 1.29 is 27.9 Å². The molecule has 1 N–H and O–H groups in total. The van der Waals surface area contributed by atoms with Crippen molar-refractivity contribution in [2.24, 2.45) is 5.92 Å². The molecule has 2 fully saturated rings. The molecular formula is C24H25F3N4O3. The van der Waals surface area contributed by atoms with Gasteiger partial charge in [-0.05, 0) is 37.1 Å². The summed E-state index contributed by atoms with van der Waals surface area (Å²) < 4.78 is 33.8. The number of aromatic nitrogens is 2. The van der Waals surface area contributed by atoms with E-state index in [1.54, 1.807) is 0 Å². The van der Waals surface area contributed by atoms with Crippen LogP contribution in [0.3, 0.4) is 0 Å². The van der Waals surface area contributed by atoms with E-state index in [1.165, 1.54) is 11.1 Å². The molecule has 1 atom stereocenters. The van der Waals surface area contributed by atoms with Crippen LogP contribution in [0.15, 0.2) is 55.0 Å². The standard InChI is InChI=1S/C22H24N4O.C2HF3O2/c1-24-11-12-25(22(27)17-7-8-17)14-20(24)21-19-10-9-18(13-26(19)15-23-21)16-5-3-2-4-6-16;3-2(4,5)1(6)7/h2-6,9-10,13,15,17,20H,7-8,11-12,14H2,1H3;(H,6,7). The molecule has 180 valence electrons. The Labute approximate surface area is 194 Å². The zero-order valence-electron chi connectivity index (χ0n) is 18.6. The van der Waals surface area contributed by atoms with E-state index in [1.807, 2.05) is 17.3 Å². The van der Waals surface area contributed by atoms with Crippen molar-refractivity contribution in [2.75, 3.05) is 26.7 Å². The fourth-order valence-corrected chi connectivity index (χ4v) is 4.04. The van der Waals surface area contributed by atoms with Crippen LogP contribution in [0, 0.1) is 5.92 Å². The summed E-state index contributed by atoms with van der Waals surface area (Å²) >= 11 is 0. The predicted molar refractivity (Wildman–Crippen MR) is 119 cm³/mol. The fraction of sp³-hybridized carbons (Fsp3) is 0.375. The number of piperazine rings is 1. The van der Waals surface area contributed by atoms with Gasteiger partial charge in [0.15, 0.2) is 0 Å². The molecule has 2 aromatic heterocycles. The lowest BCUT2D eigenvalue weighted by atomic mass is 10.1. The highest BCUT2D eigenvalue weighted by atomic mass is 19.4. The Balaban J connectivity index is 0.000000344. The van der Waals surface area contributed by atoms with Crippen molar-refractivity contribution in [1.29, 1.82) is 0 Å². The summed E-state index contributed by atoms with van der Waals surface area (Å²) in [4.78, 5) is 30.5. The SMILES string of the molecule is CN1CCN(C(=O)C2CC2)CC1c1ncn2cc(-c3ccccc3)ccc12.O=C(O)C(F)(F)F. The number of benzene rings is 1. The van der Waals surface area contributed by atoms with Gasteiger partial charge in [-0.2, -0.15) is 13.2 Å². The molecule has 0 radical (unpaired) electrons. The smallest absolute Gasteiger partial charge is 0.475 e. The van der Waals surface area contributed by atoms with Gasteiger partial charge in [-0.3, -0.25) is 9.69 Å². The number of alkyl halides is 3. The van der Waals surface area contributed by atoms with Gasteiger partial charge in [0.25, 0.3) is 0 Å². The number of aliphatic carboxylic acids is 1. The number of carbonyl (C=O) groups excluding carboxylic acids is 1. The molecule has 7 nitrogen and oxygen atoms in total. The molecular weight excluding hydrogens is 449 g/mol. The molecule has 2 aliphatic rings. The normalized spacial score (nSPS) is 18.9. The Hall–Kier alpha value is -3.40. The molecule has 10 heteroatoms. The van der Waals surface area contributed by atoms with Gasteiger partial charge in [-0.25, -0.2) is 9.78 Å². The number of rotatable bonds is 3. The zero-order chi connectivity index (χ0) is 24.5. The molecule has 0 bridgehead atoms. The molecule has 1 aromatic carbocycles. The summed E-state index contributed by atoms with van der Waals surface area (Å²) in [7, 11) is 2.13. The Morgan fingerprint density at radius 3 is 2.32 bits per heavy atom. The van der Waals surface area contributed by atoms with Gasteiger partial charge in [0.05, 0.1) is 23.6 Å². The van der Waals surface area contributed by atoms with Gasteiger partial charge in [-0.15, -0.1) is 0 Å². The topological polar surface area (TPSA) is 78.1 Å². The summed E-state index contributed by atoms with van der Waals surface area (Å²) in [5, 5.41) is 7.12. The Morgan fingerprint density at radius 2 is 1.71 bits per heavy atom. The number of fused-ring (bicyclic) bond motifs is 1. The molecule has 5 rings (SSSR count). The number of carbonyl (C=O) groups is 2. The molecule has 1 saturated heterocycles. The summed E-state index contributed by atoms with van der Waals surface area (Å²) in [6, 6.07) is 14.8. The Bertz CT molecular complexity index is 1180. The third kappa shape index (κ3) is 5.22. The molecule has 1 amide bonds. The number of halogens is 3. The molecule has 3 heterocycles. The van der Waals surface area contributed by atoms with E-state index in [2.05, 4.69) is 58.9 Å². The third-order valence-corrected chi connectivity index (χ3v) is 6.11. The minimum Gasteiger partial charge on any atom is -0.475 e. The average Bonchev–Trinajstić information content (AvgIpc) is 3.59. The molecule has 1 unspecified atom stereocenters. The second-order valence-electron chi connectivity index (χ2n) is 8.56. The average molecular weight is 474 g/mol. The summed E-state index contributed by atoms with van der Waals surface area (Å²) in [6.07, 6.45) is 1.07. The largest absolute Gasteiger partial charge is 0.490 e. The number of hydrogen-bond acceptors (Lipinski definition) is 4. The van der Waals surface area contributed by atoms with Gasteiger partial charge in [0.1, 0.15) is 0 Å². The number of imidazole rings is 1. The first-order valence-electron chi connectivity index (χ1n) is 11.0. The van der Waals surface area contributed by atoms with Crippen LogP contribution in [0.25, 0.3) is 16.6 Å². The van der Waals surface area contributed by atoms with Gasteiger partial charge in [-0.1, -0.05) is 36.4 Å². The first-order valence-corrected chi connectivity index (χ1v) is 11.0. The lowest BCUT2D eigenvalue weighted by Crippen LogP contribution is -2.49. The number of hydrogen-bond donors (Lipinski definition) is 1. The minimum atomic E-state index is -5.08. The van der Waals surface area contributed by atoms with Crippen LogP contribution in [0.5, 0.6) is 0 Å². The minimum absolute atomic E-state index is 0.147. The number of nitrogens with zero attached hydrogens (tertiary/aromatic N) is 4. The molecule has 0 spiro atoms. The number of carboxylic acids is 1. The van der Waals surface area contributed by atoms with Crippen molar-refractivity contribution in [1.82, 2.24) is 19.2 Å². The van der Waals surface area contributed by atoms with Crippen molar-refractivity contribution >= 4 is 17.4 Å². The lowest BCUT2D eigenvalue weighted by Gasteiger charge is -2.39. The predicted octanol–water partition coefficient (Wildman–Crippen LogP) is 3.86. The summed E-state index contributed by atoms with van der Waals surface area (Å²) in [5.41, 5.74) is 4.55. The van der Waals surface area contributed by atoms with E-state index in [0.29, 0.717) is 5.91 Å². The Kier molecular flexibility index (Phi) is 6.60. The quantitative estimate of drug-likeness (QED) is 0.624. The highest BCUT2D eigenvalue weighted by Gasteiger charge is 2.38. The van der Waals surface area contributed by atoms with E-state index in [0.717, 1.165) is 43.7 Å². The lowest BCUT2D eigenvalue weighted by molar-refractivity contribution is -0.192. The van der Waals surface area contributed by atoms with Crippen LogP contribution < -0.4 is 0 Å². The van der Waals surface area contributed by atoms with Crippen LogP contribution in [0.4, 0.5) is 13.2 Å². The fourth-order valence-electron chi connectivity index (χ4n) is 4.04. The van der Waals surface area contributed by atoms with Crippen molar-refractivity contribution in [3.05, 3.63) is 60.7 Å². The third-order valence-electron chi connectivity index (χ3n) is 6.11. The molecule has 34 heavy (non-hydrogen) atoms. The number of likely N-dealkylation sites (N-methyl/N-ethyl adjacent to an activating group) is 1. The van der Waals surface area contributed by atoms with Crippen LogP contribution in [0.1, 0.15) is 24.6 Å². The second kappa shape index (κ2) is 9.46. The molecule has 1 aliphatic heterocycles. The first kappa shape index (κ1) is 23.7. The van der Waals surface area contributed by atoms with Crippen molar-refractivity contribution in [3.8, 4) is 11.1 Å². The maximum atomic E-state index is 12.5. The zero-order valence-corrected chi connectivity index (χ0v) is 18.6. The maximum Gasteiger partial charge on any atom is 0.490 e. The van der Waals surface area contributed by atoms with Crippen LogP contribution >= 0.6 is 0 Å².